The van der Waals surface area contributed by atoms with E-state index in [0.717, 1.165) is 55.0 Å². The Balaban J connectivity index is 1.62. The third kappa shape index (κ3) is 6.45. The van der Waals surface area contributed by atoms with Crippen LogP contribution in [0.25, 0.3) is 22.0 Å². The molecular formula is C36H39N3O4S. The Morgan fingerprint density at radius 2 is 1.68 bits per heavy atom. The maximum absolute atomic E-state index is 12.4. The molecule has 0 spiro atoms. The number of thiol groups is 1. The quantitative estimate of drug-likeness (QED) is 0.150. The maximum Gasteiger partial charge on any atom is 0.309 e. The molecule has 0 saturated carbocycles. The van der Waals surface area contributed by atoms with E-state index >= 15 is 0 Å². The molecule has 7 nitrogen and oxygen atoms in total. The fourth-order valence-corrected chi connectivity index (χ4v) is 5.92. The minimum Gasteiger partial charge on any atom is -0.486 e. The fraction of sp³-hybridized carbons (Fsp3) is 0.306. The summed E-state index contributed by atoms with van der Waals surface area (Å²) >= 11 is 5.03. The smallest absolute Gasteiger partial charge is 0.309 e. The molecule has 3 aromatic heterocycles. The van der Waals surface area contributed by atoms with Gasteiger partial charge in [0.25, 0.3) is 0 Å². The third-order valence-corrected chi connectivity index (χ3v) is 8.42. The lowest BCUT2D eigenvalue weighted by Crippen LogP contribution is -2.29. The molecular weight excluding hydrogens is 570 g/mol. The second-order valence-electron chi connectivity index (χ2n) is 13.1. The molecule has 0 unspecified atom stereocenters. The number of fused-ring (bicyclic) bond motifs is 1. The van der Waals surface area contributed by atoms with E-state index in [-0.39, 0.29) is 11.0 Å². The molecule has 0 radical (unpaired) electrons. The zero-order chi connectivity index (χ0) is 31.8. The van der Waals surface area contributed by atoms with Crippen molar-refractivity contribution in [2.75, 3.05) is 0 Å². The first-order chi connectivity index (χ1) is 20.7. The zero-order valence-electron chi connectivity index (χ0n) is 26.1. The van der Waals surface area contributed by atoms with Crippen LogP contribution in [0.1, 0.15) is 62.7 Å². The number of aromatic nitrogens is 3. The number of H-pyrrole nitrogens is 1. The molecule has 44 heavy (non-hydrogen) atoms. The summed E-state index contributed by atoms with van der Waals surface area (Å²) in [5.41, 5.74) is 6.47. The van der Waals surface area contributed by atoms with E-state index in [9.17, 15) is 14.7 Å². The van der Waals surface area contributed by atoms with Crippen molar-refractivity contribution < 1.29 is 14.6 Å². The first-order valence-corrected chi connectivity index (χ1v) is 15.1. The number of hydrogen-bond donors (Lipinski definition) is 3. The Hall–Kier alpha value is -4.30. The third-order valence-electron chi connectivity index (χ3n) is 7.97. The number of carbonyl (C=O) groups is 1. The molecule has 2 aromatic carbocycles. The van der Waals surface area contributed by atoms with Gasteiger partial charge in [-0.05, 0) is 78.3 Å². The van der Waals surface area contributed by atoms with Gasteiger partial charge in [-0.1, -0.05) is 51.1 Å². The lowest BCUT2D eigenvalue weighted by molar-refractivity contribution is -0.146. The number of nitrogens with one attached hydrogen (secondary N) is 1. The number of benzene rings is 2. The van der Waals surface area contributed by atoms with Gasteiger partial charge in [-0.2, -0.15) is 0 Å². The number of carboxylic acid groups (broad SMARTS) is 1. The number of carboxylic acids is 1. The Labute approximate surface area is 263 Å². The SMILES string of the molecule is Cc1ccc(COc2ccc3c(c2S)c(C(C)(C)C)c(CC(C)(C)C(=O)O)n3Cc2ccc(-c3ccc(=O)[nH]c3)cc2)nc1. The average Bonchev–Trinajstić information content (AvgIpc) is 3.27. The van der Waals surface area contributed by atoms with Crippen LogP contribution in [-0.2, 0) is 29.8 Å². The van der Waals surface area contributed by atoms with Crippen LogP contribution in [0.2, 0.25) is 0 Å². The highest BCUT2D eigenvalue weighted by atomic mass is 32.1. The van der Waals surface area contributed by atoms with Gasteiger partial charge in [0.2, 0.25) is 5.56 Å². The van der Waals surface area contributed by atoms with E-state index < -0.39 is 11.4 Å². The predicted molar refractivity (Wildman–Crippen MR) is 178 cm³/mol. The predicted octanol–water partition coefficient (Wildman–Crippen LogP) is 7.57. The second kappa shape index (κ2) is 12.0. The highest BCUT2D eigenvalue weighted by Gasteiger charge is 2.35. The van der Waals surface area contributed by atoms with Gasteiger partial charge in [0, 0.05) is 42.5 Å². The largest absolute Gasteiger partial charge is 0.486 e. The molecule has 3 heterocycles. The normalized spacial score (nSPS) is 12.1. The van der Waals surface area contributed by atoms with E-state index in [1.807, 2.05) is 49.5 Å². The van der Waals surface area contributed by atoms with Crippen LogP contribution in [-0.4, -0.2) is 25.6 Å². The summed E-state index contributed by atoms with van der Waals surface area (Å²) in [4.78, 5) is 31.8. The number of nitrogens with zero attached hydrogens (tertiary/aromatic N) is 2. The van der Waals surface area contributed by atoms with Crippen LogP contribution in [0.5, 0.6) is 5.75 Å². The van der Waals surface area contributed by atoms with Crippen molar-refractivity contribution in [3.63, 3.8) is 0 Å². The lowest BCUT2D eigenvalue weighted by Gasteiger charge is -2.26. The number of rotatable bonds is 9. The van der Waals surface area contributed by atoms with Gasteiger partial charge < -0.3 is 19.4 Å². The number of hydrogen-bond acceptors (Lipinski definition) is 5. The Morgan fingerprint density at radius 1 is 0.977 bits per heavy atom. The highest BCUT2D eigenvalue weighted by Crippen LogP contribution is 2.44. The van der Waals surface area contributed by atoms with Crippen molar-refractivity contribution >= 4 is 29.5 Å². The highest BCUT2D eigenvalue weighted by molar-refractivity contribution is 7.80. The van der Waals surface area contributed by atoms with E-state index in [4.69, 9.17) is 17.4 Å². The van der Waals surface area contributed by atoms with Crippen molar-refractivity contribution in [1.82, 2.24) is 14.5 Å². The Morgan fingerprint density at radius 3 is 2.27 bits per heavy atom. The minimum absolute atomic E-state index is 0.139. The average molecular weight is 610 g/mol. The van der Waals surface area contributed by atoms with Gasteiger partial charge in [0.05, 0.1) is 21.5 Å². The molecule has 0 aliphatic rings. The van der Waals surface area contributed by atoms with Gasteiger partial charge in [0.15, 0.2) is 0 Å². The molecule has 2 N–H and O–H groups in total. The van der Waals surface area contributed by atoms with Crippen LogP contribution < -0.4 is 10.3 Å². The summed E-state index contributed by atoms with van der Waals surface area (Å²) in [5.74, 6) is -0.194. The van der Waals surface area contributed by atoms with E-state index in [0.29, 0.717) is 25.3 Å². The topological polar surface area (TPSA) is 97.2 Å². The summed E-state index contributed by atoms with van der Waals surface area (Å²) in [6.45, 7) is 12.9. The summed E-state index contributed by atoms with van der Waals surface area (Å²) in [6, 6.07) is 19.5. The molecule has 5 rings (SSSR count). The van der Waals surface area contributed by atoms with Crippen LogP contribution in [0.3, 0.4) is 0 Å². The Bertz CT molecular complexity index is 1860. The van der Waals surface area contributed by atoms with Crippen LogP contribution in [0, 0.1) is 12.3 Å². The molecule has 5 aromatic rings. The number of aromatic amines is 1. The number of aliphatic carboxylic acids is 1. The Kier molecular flexibility index (Phi) is 8.49. The standard InChI is InChI=1S/C36H39N3O4S/c1-22-7-13-26(37-18-22)21-43-29-15-14-27-31(33(29)44)32(35(2,3)4)28(17-36(5,6)34(41)42)39(27)20-23-8-10-24(11-9-23)25-12-16-30(40)38-19-25/h7-16,18-19,44H,17,20-21H2,1-6H3,(H,38,40)(H,41,42). The molecule has 0 amide bonds. The summed E-state index contributed by atoms with van der Waals surface area (Å²) < 4.78 is 8.48. The van der Waals surface area contributed by atoms with Gasteiger partial charge in [-0.25, -0.2) is 0 Å². The lowest BCUT2D eigenvalue weighted by atomic mass is 9.80. The van der Waals surface area contributed by atoms with Crippen LogP contribution in [0.4, 0.5) is 0 Å². The van der Waals surface area contributed by atoms with Crippen molar-refractivity contribution in [2.45, 2.75) is 71.4 Å². The molecule has 0 saturated heterocycles. The van der Waals surface area contributed by atoms with E-state index in [1.165, 1.54) is 6.07 Å². The van der Waals surface area contributed by atoms with E-state index in [2.05, 4.69) is 47.4 Å². The fourth-order valence-electron chi connectivity index (χ4n) is 5.55. The molecule has 0 fully saturated rings. The van der Waals surface area contributed by atoms with Gasteiger partial charge in [-0.3, -0.25) is 14.6 Å². The van der Waals surface area contributed by atoms with Crippen molar-refractivity contribution in [2.24, 2.45) is 5.41 Å². The van der Waals surface area contributed by atoms with Crippen molar-refractivity contribution in [3.05, 3.63) is 111 Å². The molecule has 0 atom stereocenters. The zero-order valence-corrected chi connectivity index (χ0v) is 27.0. The first-order valence-electron chi connectivity index (χ1n) is 14.7. The monoisotopic (exact) mass is 609 g/mol. The number of aryl methyl sites for hydroxylation is 1. The van der Waals surface area contributed by atoms with Crippen LogP contribution >= 0.6 is 12.6 Å². The van der Waals surface area contributed by atoms with Crippen LogP contribution in [0.15, 0.2) is 82.7 Å². The molecule has 0 aliphatic carbocycles. The maximum atomic E-state index is 12.4. The molecule has 228 valence electrons. The van der Waals surface area contributed by atoms with Crippen molar-refractivity contribution in [1.29, 1.82) is 0 Å². The number of pyridine rings is 2. The van der Waals surface area contributed by atoms with Gasteiger partial charge in [0.1, 0.15) is 12.4 Å². The van der Waals surface area contributed by atoms with E-state index in [1.54, 1.807) is 26.1 Å². The minimum atomic E-state index is -0.993. The second-order valence-corrected chi connectivity index (χ2v) is 13.5. The first kappa shape index (κ1) is 31.1. The molecule has 0 bridgehead atoms. The summed E-state index contributed by atoms with van der Waals surface area (Å²) in [7, 11) is 0. The molecule has 0 aliphatic heterocycles. The number of ether oxygens (including phenoxy) is 1. The van der Waals surface area contributed by atoms with Gasteiger partial charge >= 0.3 is 5.97 Å². The van der Waals surface area contributed by atoms with Gasteiger partial charge in [-0.15, -0.1) is 12.6 Å². The van der Waals surface area contributed by atoms with Crippen molar-refractivity contribution in [3.8, 4) is 16.9 Å². The summed E-state index contributed by atoms with van der Waals surface area (Å²) in [6.07, 6.45) is 3.88. The molecule has 8 heteroatoms. The summed E-state index contributed by atoms with van der Waals surface area (Å²) in [5, 5.41) is 11.1.